The first kappa shape index (κ1) is 59.7. The van der Waals surface area contributed by atoms with Crippen molar-refractivity contribution >= 4 is 91.4 Å². The minimum absolute atomic E-state index is 0.00131. The standard InChI is InChI=1S/C41H51N20O22P3/c1-13-57-21-33(45)49-9-53-37(21)61(13)38-26(67)22(63)15(78-38)3-74-84(68,69)82-28-24(65)17(80-40(28)59-11-55-19-31(43)47-7-51-35(19)59)5-76-86(72,73)83-29-25(66)16(79-41(29)60-12-56-20-32(44)48-8-52-36(20)60)4-75-85(70,71)81-27-23(64)14(2-62)77-39(27)58-10-54-18-30(42)46-6-50-34(18)58/h6-12,14-17,22-29,38-41,62-67H,2-5H2,1H3,(H,68,69)(H,70,71)(H,72,73)(H2,42,46,50)(H2,43,47,51)(H2,44,48,52)(H2,45,49,53)/t14-,15-,16-,17-,22-,23-,24-,25-,26-,27-,28-,29-,38-,39-,40-,41-/m1/s1. The van der Waals surface area contributed by atoms with Crippen molar-refractivity contribution in [2.75, 3.05) is 49.4 Å². The van der Waals surface area contributed by atoms with Gasteiger partial charge in [0.1, 0.15) is 121 Å². The van der Waals surface area contributed by atoms with Gasteiger partial charge in [0.15, 0.2) is 76.3 Å². The molecule has 19 atom stereocenters. The van der Waals surface area contributed by atoms with Crippen molar-refractivity contribution in [3.05, 3.63) is 50.1 Å². The molecular weight excluding hydrogens is 1220 g/mol. The number of imidazole rings is 4. The fraction of sp³-hybridized carbons (Fsp3) is 0.512. The highest BCUT2D eigenvalue weighted by Gasteiger charge is 2.55. The van der Waals surface area contributed by atoms with Crippen molar-refractivity contribution in [3.63, 3.8) is 0 Å². The van der Waals surface area contributed by atoms with E-state index in [1.165, 1.54) is 15.5 Å². The number of nitrogens with two attached hydrogens (primary N) is 4. The lowest BCUT2D eigenvalue weighted by molar-refractivity contribution is -0.0657. The topological polar surface area (TPSA) is 604 Å². The van der Waals surface area contributed by atoms with E-state index in [1.54, 1.807) is 6.92 Å². The molecule has 0 bridgehead atoms. The number of aromatic nitrogens is 16. The van der Waals surface area contributed by atoms with Crippen LogP contribution in [0.4, 0.5) is 23.3 Å². The highest BCUT2D eigenvalue weighted by atomic mass is 31.2. The van der Waals surface area contributed by atoms with Crippen LogP contribution in [0.1, 0.15) is 30.7 Å². The lowest BCUT2D eigenvalue weighted by Crippen LogP contribution is -2.37. The Morgan fingerprint density at radius 1 is 0.453 bits per heavy atom. The van der Waals surface area contributed by atoms with E-state index in [0.29, 0.717) is 0 Å². The number of hydrogen-bond acceptors (Lipinski definition) is 35. The summed E-state index contributed by atoms with van der Waals surface area (Å²) in [6.45, 7) is -2.29. The number of hydrogen-bond donors (Lipinski definition) is 13. The maximum atomic E-state index is 14.1. The molecule has 4 saturated heterocycles. The highest BCUT2D eigenvalue weighted by Crippen LogP contribution is 2.54. The number of nitrogens with zero attached hydrogens (tertiary/aromatic N) is 16. The zero-order valence-electron chi connectivity index (χ0n) is 43.7. The first-order valence-corrected chi connectivity index (χ1v) is 29.8. The SMILES string of the molecule is Cc1nc2c(N)ncnc2n1[C@@H]1O[C@H](COP(=O)(O)O[C@@H]2[C@H](O)[C@@H](COP(=O)(O)O[C@@H]3[C@H](O)[C@@H](COP(=O)(O)O[C@@H]4[C@H](O)[C@@H](CO)O[C@H]4n4cnc5c(N)ncnc54)O[C@H]3n3cnc4c(N)ncnc43)O[C@H]2n2cnc3c(N)ncnc32)[C@@H](O)[C@H]1O. The van der Waals surface area contributed by atoms with E-state index in [1.807, 2.05) is 0 Å². The highest BCUT2D eigenvalue weighted by molar-refractivity contribution is 7.48. The third kappa shape index (κ3) is 10.9. The Balaban J connectivity index is 0.751. The van der Waals surface area contributed by atoms with Gasteiger partial charge in [-0.25, -0.2) is 73.5 Å². The minimum Gasteiger partial charge on any atom is -0.394 e. The quantitative estimate of drug-likeness (QED) is 0.0322. The Bertz CT molecular complexity index is 4000. The molecule has 12 rings (SSSR count). The minimum atomic E-state index is -5.58. The van der Waals surface area contributed by atoms with Gasteiger partial charge in [-0.15, -0.1) is 0 Å². The van der Waals surface area contributed by atoms with Gasteiger partial charge in [0.25, 0.3) is 0 Å². The second-order valence-electron chi connectivity index (χ2n) is 19.6. The van der Waals surface area contributed by atoms with Crippen LogP contribution in [-0.2, 0) is 59.8 Å². The average Bonchev–Trinajstić information content (AvgIpc) is 3.30. The molecule has 42 nitrogen and oxygen atoms in total. The maximum Gasteiger partial charge on any atom is 0.472 e. The van der Waals surface area contributed by atoms with Crippen molar-refractivity contribution in [2.24, 2.45) is 0 Å². The maximum absolute atomic E-state index is 14.1. The smallest absolute Gasteiger partial charge is 0.394 e. The molecule has 86 heavy (non-hydrogen) atoms. The molecule has 462 valence electrons. The molecule has 4 aliphatic rings. The Morgan fingerprint density at radius 3 is 1.16 bits per heavy atom. The molecule has 12 heterocycles. The second-order valence-corrected chi connectivity index (χ2v) is 23.8. The van der Waals surface area contributed by atoms with Crippen LogP contribution in [0.25, 0.3) is 44.7 Å². The van der Waals surface area contributed by atoms with E-state index in [2.05, 4.69) is 59.8 Å². The van der Waals surface area contributed by atoms with Crippen molar-refractivity contribution < 1.29 is 105 Å². The molecule has 0 spiro atoms. The third-order valence-electron chi connectivity index (χ3n) is 14.3. The molecule has 0 radical (unpaired) electrons. The van der Waals surface area contributed by atoms with Crippen LogP contribution in [0.15, 0.2) is 44.3 Å². The zero-order chi connectivity index (χ0) is 60.9. The third-order valence-corrected chi connectivity index (χ3v) is 17.3. The Hall–Kier alpha value is -6.67. The van der Waals surface area contributed by atoms with Crippen LogP contribution >= 0.6 is 23.5 Å². The van der Waals surface area contributed by atoms with Crippen LogP contribution in [0.2, 0.25) is 0 Å². The summed E-state index contributed by atoms with van der Waals surface area (Å²) in [6, 6.07) is 0. The van der Waals surface area contributed by atoms with Crippen LogP contribution < -0.4 is 22.9 Å². The molecule has 45 heteroatoms. The molecule has 0 saturated carbocycles. The van der Waals surface area contributed by atoms with E-state index in [0.717, 1.165) is 47.1 Å². The number of phosphoric ester groups is 3. The number of anilines is 4. The van der Waals surface area contributed by atoms with Crippen molar-refractivity contribution in [1.29, 1.82) is 0 Å². The molecule has 4 fully saturated rings. The van der Waals surface area contributed by atoms with Crippen molar-refractivity contribution in [1.82, 2.24) is 78.1 Å². The summed E-state index contributed by atoms with van der Waals surface area (Å²) in [7, 11) is -16.4. The monoisotopic (exact) mass is 1270 g/mol. The lowest BCUT2D eigenvalue weighted by atomic mass is 10.1. The van der Waals surface area contributed by atoms with E-state index in [4.69, 9.17) is 69.0 Å². The van der Waals surface area contributed by atoms with Crippen LogP contribution in [0.5, 0.6) is 0 Å². The summed E-state index contributed by atoms with van der Waals surface area (Å²) in [6.07, 6.45) is -20.0. The summed E-state index contributed by atoms with van der Waals surface area (Å²) in [5, 5.41) is 66.7. The van der Waals surface area contributed by atoms with Gasteiger partial charge in [-0.2, -0.15) is 0 Å². The van der Waals surface area contributed by atoms with Gasteiger partial charge in [-0.3, -0.25) is 45.4 Å². The van der Waals surface area contributed by atoms with E-state index in [-0.39, 0.29) is 73.8 Å². The predicted molar refractivity (Wildman–Crippen MR) is 278 cm³/mol. The van der Waals surface area contributed by atoms with E-state index < -0.39 is 148 Å². The number of aryl methyl sites for hydroxylation is 1. The van der Waals surface area contributed by atoms with Crippen molar-refractivity contribution in [3.8, 4) is 0 Å². The number of fused-ring (bicyclic) bond motifs is 4. The number of ether oxygens (including phenoxy) is 4. The van der Waals surface area contributed by atoms with Crippen LogP contribution in [0.3, 0.4) is 0 Å². The van der Waals surface area contributed by atoms with Gasteiger partial charge >= 0.3 is 23.5 Å². The molecule has 8 aromatic rings. The first-order valence-electron chi connectivity index (χ1n) is 25.3. The number of nitrogen functional groups attached to an aromatic ring is 4. The summed E-state index contributed by atoms with van der Waals surface area (Å²) >= 11 is 0. The predicted octanol–water partition coefficient (Wildman–Crippen LogP) is -4.12. The summed E-state index contributed by atoms with van der Waals surface area (Å²) < 4.78 is 103. The summed E-state index contributed by atoms with van der Waals surface area (Å²) in [5.41, 5.74) is 24.3. The van der Waals surface area contributed by atoms with Crippen LogP contribution in [-0.4, -0.2) is 223 Å². The molecule has 4 aliphatic heterocycles. The largest absolute Gasteiger partial charge is 0.472 e. The molecule has 0 aliphatic carbocycles. The molecule has 3 unspecified atom stereocenters. The summed E-state index contributed by atoms with van der Waals surface area (Å²) in [4.78, 5) is 82.5. The van der Waals surface area contributed by atoms with Gasteiger partial charge in [-0.05, 0) is 6.92 Å². The Kier molecular flexibility index (Phi) is 15.8. The normalized spacial score (nSPS) is 31.8. The molecule has 8 aromatic heterocycles. The Labute approximate surface area is 478 Å². The van der Waals surface area contributed by atoms with Gasteiger partial charge in [-0.1, -0.05) is 0 Å². The number of aliphatic hydroxyl groups is 6. The number of phosphoric acid groups is 3. The van der Waals surface area contributed by atoms with E-state index in [9.17, 15) is 59.0 Å². The van der Waals surface area contributed by atoms with E-state index >= 15 is 0 Å². The van der Waals surface area contributed by atoms with Crippen molar-refractivity contribution in [2.45, 2.75) is 105 Å². The van der Waals surface area contributed by atoms with Crippen LogP contribution in [0, 0.1) is 6.92 Å². The van der Waals surface area contributed by atoms with Gasteiger partial charge < -0.3 is 87.2 Å². The lowest BCUT2D eigenvalue weighted by Gasteiger charge is -2.25. The fourth-order valence-corrected chi connectivity index (χ4v) is 13.0. The zero-order valence-corrected chi connectivity index (χ0v) is 46.4. The van der Waals surface area contributed by atoms with Gasteiger partial charge in [0.05, 0.1) is 45.4 Å². The summed E-state index contributed by atoms with van der Waals surface area (Å²) in [5.74, 6) is 0.00771. The molecular formula is C41H51N20O22P3. The average molecular weight is 1270 g/mol. The van der Waals surface area contributed by atoms with Gasteiger partial charge in [0, 0.05) is 0 Å². The first-order chi connectivity index (χ1) is 40.9. The number of rotatable bonds is 20. The Morgan fingerprint density at radius 2 is 0.779 bits per heavy atom. The van der Waals surface area contributed by atoms with Gasteiger partial charge in [0.2, 0.25) is 0 Å². The molecule has 17 N–H and O–H groups in total. The molecule has 0 amide bonds. The number of aliphatic hydroxyl groups excluding tert-OH is 6. The fourth-order valence-electron chi connectivity index (χ4n) is 10.2. The second kappa shape index (κ2) is 22.8. The molecule has 0 aromatic carbocycles.